The molecule has 1 fully saturated rings. The van der Waals surface area contributed by atoms with Gasteiger partial charge >= 0.3 is 6.18 Å². The highest BCUT2D eigenvalue weighted by Crippen LogP contribution is 2.29. The minimum atomic E-state index is -4.31. The van der Waals surface area contributed by atoms with Crippen molar-refractivity contribution in [3.05, 3.63) is 0 Å². The SMILES string of the molecule is OCC1(COCC(F)(F)F)CCCOC1. The van der Waals surface area contributed by atoms with Crippen LogP contribution in [0.4, 0.5) is 13.2 Å². The lowest BCUT2D eigenvalue weighted by Gasteiger charge is -2.34. The summed E-state index contributed by atoms with van der Waals surface area (Å²) >= 11 is 0. The highest BCUT2D eigenvalue weighted by atomic mass is 19.4. The van der Waals surface area contributed by atoms with E-state index in [0.29, 0.717) is 13.0 Å². The van der Waals surface area contributed by atoms with Crippen molar-refractivity contribution >= 4 is 0 Å². The summed E-state index contributed by atoms with van der Waals surface area (Å²) in [5.41, 5.74) is -0.649. The predicted octanol–water partition coefficient (Wildman–Crippen LogP) is 1.35. The van der Waals surface area contributed by atoms with Crippen LogP contribution in [0.5, 0.6) is 0 Å². The molecule has 1 aliphatic rings. The summed E-state index contributed by atoms with van der Waals surface area (Å²) in [6.45, 7) is -0.717. The highest BCUT2D eigenvalue weighted by molar-refractivity contribution is 4.81. The fourth-order valence-corrected chi connectivity index (χ4v) is 1.58. The Morgan fingerprint density at radius 2 is 2.13 bits per heavy atom. The molecule has 1 unspecified atom stereocenters. The molecule has 0 spiro atoms. The molecule has 15 heavy (non-hydrogen) atoms. The van der Waals surface area contributed by atoms with E-state index in [-0.39, 0.29) is 19.8 Å². The van der Waals surface area contributed by atoms with Gasteiger partial charge in [0.25, 0.3) is 0 Å². The highest BCUT2D eigenvalue weighted by Gasteiger charge is 2.35. The summed E-state index contributed by atoms with van der Waals surface area (Å²) in [6, 6.07) is 0. The van der Waals surface area contributed by atoms with E-state index in [4.69, 9.17) is 9.84 Å². The zero-order valence-corrected chi connectivity index (χ0v) is 8.35. The number of alkyl halides is 3. The van der Waals surface area contributed by atoms with Crippen LogP contribution < -0.4 is 0 Å². The second-order valence-electron chi connectivity index (χ2n) is 3.92. The Bertz CT molecular complexity index is 188. The molecule has 0 bridgehead atoms. The number of aliphatic hydroxyl groups excluding tert-OH is 1. The normalized spacial score (nSPS) is 28.0. The first kappa shape index (κ1) is 12.7. The van der Waals surface area contributed by atoms with Gasteiger partial charge in [-0.15, -0.1) is 0 Å². The van der Waals surface area contributed by atoms with E-state index in [1.165, 1.54) is 0 Å². The van der Waals surface area contributed by atoms with Gasteiger partial charge in [0, 0.05) is 12.0 Å². The van der Waals surface area contributed by atoms with Gasteiger partial charge in [0.2, 0.25) is 0 Å². The van der Waals surface area contributed by atoms with Crippen molar-refractivity contribution < 1.29 is 27.8 Å². The van der Waals surface area contributed by atoms with Crippen molar-refractivity contribution in [1.82, 2.24) is 0 Å². The standard InChI is InChI=1S/C9H15F3O3/c10-9(11,12)7-15-6-8(4-13)2-1-3-14-5-8/h13H,1-7H2. The molecule has 0 amide bonds. The molecule has 0 saturated carbocycles. The van der Waals surface area contributed by atoms with E-state index >= 15 is 0 Å². The van der Waals surface area contributed by atoms with Crippen LogP contribution in [-0.4, -0.2) is 44.3 Å². The Balaban J connectivity index is 2.33. The van der Waals surface area contributed by atoms with Gasteiger partial charge < -0.3 is 14.6 Å². The summed E-state index contributed by atoms with van der Waals surface area (Å²) in [5, 5.41) is 9.13. The third-order valence-electron chi connectivity index (χ3n) is 2.41. The Morgan fingerprint density at radius 3 is 2.60 bits per heavy atom. The summed E-state index contributed by atoms with van der Waals surface area (Å²) in [6.07, 6.45) is -2.93. The molecule has 1 N–H and O–H groups in total. The van der Waals surface area contributed by atoms with Gasteiger partial charge in [-0.05, 0) is 12.8 Å². The van der Waals surface area contributed by atoms with Crippen LogP contribution in [0.15, 0.2) is 0 Å². The Morgan fingerprint density at radius 1 is 1.40 bits per heavy atom. The monoisotopic (exact) mass is 228 g/mol. The minimum Gasteiger partial charge on any atom is -0.396 e. The lowest BCUT2D eigenvalue weighted by molar-refractivity contribution is -0.189. The van der Waals surface area contributed by atoms with Gasteiger partial charge in [0.05, 0.1) is 19.8 Å². The number of halogens is 3. The van der Waals surface area contributed by atoms with Crippen molar-refractivity contribution in [3.63, 3.8) is 0 Å². The van der Waals surface area contributed by atoms with E-state index in [2.05, 4.69) is 4.74 Å². The molecule has 1 atom stereocenters. The Kier molecular flexibility index (Phi) is 4.36. The van der Waals surface area contributed by atoms with Crippen LogP contribution in [0.25, 0.3) is 0 Å². The first-order valence-electron chi connectivity index (χ1n) is 4.81. The lowest BCUT2D eigenvalue weighted by Crippen LogP contribution is -2.40. The fraction of sp³-hybridized carbons (Fsp3) is 1.00. The van der Waals surface area contributed by atoms with Crippen LogP contribution in [0, 0.1) is 5.41 Å². The van der Waals surface area contributed by atoms with E-state index in [9.17, 15) is 13.2 Å². The van der Waals surface area contributed by atoms with Crippen LogP contribution in [0.2, 0.25) is 0 Å². The molecular formula is C9H15F3O3. The summed E-state index contributed by atoms with van der Waals surface area (Å²) in [5.74, 6) is 0. The third-order valence-corrected chi connectivity index (χ3v) is 2.41. The third kappa shape index (κ3) is 4.36. The average molecular weight is 228 g/mol. The maximum absolute atomic E-state index is 11.8. The lowest BCUT2D eigenvalue weighted by atomic mass is 9.84. The molecule has 0 aliphatic carbocycles. The topological polar surface area (TPSA) is 38.7 Å². The maximum Gasteiger partial charge on any atom is 0.411 e. The largest absolute Gasteiger partial charge is 0.411 e. The van der Waals surface area contributed by atoms with E-state index < -0.39 is 18.2 Å². The molecule has 1 rings (SSSR count). The molecule has 3 nitrogen and oxygen atoms in total. The zero-order valence-electron chi connectivity index (χ0n) is 8.35. The van der Waals surface area contributed by atoms with E-state index in [1.807, 2.05) is 0 Å². The second kappa shape index (κ2) is 5.14. The fourth-order valence-electron chi connectivity index (χ4n) is 1.58. The summed E-state index contributed by atoms with van der Waals surface area (Å²) < 4.78 is 45.2. The second-order valence-corrected chi connectivity index (χ2v) is 3.92. The van der Waals surface area contributed by atoms with Gasteiger partial charge in [-0.3, -0.25) is 0 Å². The van der Waals surface area contributed by atoms with Crippen molar-refractivity contribution in [2.75, 3.05) is 33.0 Å². The maximum atomic E-state index is 11.8. The first-order valence-corrected chi connectivity index (χ1v) is 4.81. The molecule has 0 aromatic rings. The number of hydrogen-bond donors (Lipinski definition) is 1. The molecule has 1 aliphatic heterocycles. The van der Waals surface area contributed by atoms with Crippen molar-refractivity contribution in [3.8, 4) is 0 Å². The van der Waals surface area contributed by atoms with E-state index in [0.717, 1.165) is 6.42 Å². The molecular weight excluding hydrogens is 213 g/mol. The zero-order chi connectivity index (χ0) is 11.4. The molecule has 1 saturated heterocycles. The minimum absolute atomic E-state index is 0.108. The number of ether oxygens (including phenoxy) is 2. The number of rotatable bonds is 4. The Labute approximate surface area is 86.2 Å². The van der Waals surface area contributed by atoms with Gasteiger partial charge in [0.15, 0.2) is 0 Å². The molecule has 1 heterocycles. The smallest absolute Gasteiger partial charge is 0.396 e. The first-order chi connectivity index (χ1) is 6.97. The van der Waals surface area contributed by atoms with Crippen LogP contribution in [0.3, 0.4) is 0 Å². The van der Waals surface area contributed by atoms with E-state index in [1.54, 1.807) is 0 Å². The van der Waals surface area contributed by atoms with Crippen molar-refractivity contribution in [2.45, 2.75) is 19.0 Å². The quantitative estimate of drug-likeness (QED) is 0.789. The van der Waals surface area contributed by atoms with Crippen molar-refractivity contribution in [2.24, 2.45) is 5.41 Å². The molecule has 0 aromatic heterocycles. The summed E-state index contributed by atoms with van der Waals surface area (Å²) in [7, 11) is 0. The van der Waals surface area contributed by atoms with Gasteiger partial charge in [-0.1, -0.05) is 0 Å². The van der Waals surface area contributed by atoms with Crippen molar-refractivity contribution in [1.29, 1.82) is 0 Å². The molecule has 0 radical (unpaired) electrons. The number of hydrogen-bond acceptors (Lipinski definition) is 3. The van der Waals surface area contributed by atoms with Gasteiger partial charge in [-0.2, -0.15) is 13.2 Å². The Hall–Kier alpha value is -0.330. The molecule has 90 valence electrons. The van der Waals surface area contributed by atoms with Crippen LogP contribution in [0.1, 0.15) is 12.8 Å². The average Bonchev–Trinajstić information content (AvgIpc) is 2.17. The predicted molar refractivity (Wildman–Crippen MR) is 46.4 cm³/mol. The number of aliphatic hydroxyl groups is 1. The van der Waals surface area contributed by atoms with Crippen LogP contribution in [-0.2, 0) is 9.47 Å². The van der Waals surface area contributed by atoms with Gasteiger partial charge in [0.1, 0.15) is 6.61 Å². The molecule has 0 aromatic carbocycles. The molecule has 6 heteroatoms. The van der Waals surface area contributed by atoms with Crippen LogP contribution >= 0.6 is 0 Å². The van der Waals surface area contributed by atoms with Gasteiger partial charge in [-0.25, -0.2) is 0 Å². The summed E-state index contributed by atoms with van der Waals surface area (Å²) in [4.78, 5) is 0.